The minimum atomic E-state index is -0.0519. The van der Waals surface area contributed by atoms with Gasteiger partial charge >= 0.3 is 0 Å². The summed E-state index contributed by atoms with van der Waals surface area (Å²) in [6.07, 6.45) is 8.51. The van der Waals surface area contributed by atoms with Crippen LogP contribution in [0.4, 0.5) is 0 Å². The van der Waals surface area contributed by atoms with Gasteiger partial charge in [0, 0.05) is 31.0 Å². The summed E-state index contributed by atoms with van der Waals surface area (Å²) in [5, 5.41) is 9.55. The number of carbonyl (C=O) groups excluding carboxylic acids is 1. The van der Waals surface area contributed by atoms with Crippen molar-refractivity contribution in [3.8, 4) is 11.1 Å². The zero-order valence-electron chi connectivity index (χ0n) is 15.9. The highest BCUT2D eigenvalue weighted by molar-refractivity contribution is 5.95. The number of carbonyl (C=O) groups is 1. The van der Waals surface area contributed by atoms with Crippen molar-refractivity contribution >= 4 is 5.91 Å². The van der Waals surface area contributed by atoms with E-state index in [4.69, 9.17) is 0 Å². The lowest BCUT2D eigenvalue weighted by Gasteiger charge is -2.34. The lowest BCUT2D eigenvalue weighted by molar-refractivity contribution is 0.0503. The van der Waals surface area contributed by atoms with Gasteiger partial charge in [-0.25, -0.2) is 4.98 Å². The van der Waals surface area contributed by atoms with Crippen LogP contribution in [-0.2, 0) is 6.54 Å². The zero-order valence-corrected chi connectivity index (χ0v) is 15.9. The number of aliphatic hydroxyl groups is 1. The molecule has 0 bridgehead atoms. The van der Waals surface area contributed by atoms with Crippen LogP contribution in [0.3, 0.4) is 0 Å². The fraction of sp³-hybridized carbons (Fsp3) is 0.304. The second-order valence-electron chi connectivity index (χ2n) is 7.34. The van der Waals surface area contributed by atoms with Crippen LogP contribution in [0.15, 0.2) is 67.3 Å². The van der Waals surface area contributed by atoms with Gasteiger partial charge in [0.1, 0.15) is 0 Å². The number of aliphatic hydroxyl groups excluding tert-OH is 1. The smallest absolute Gasteiger partial charge is 0.254 e. The molecule has 1 aromatic heterocycles. The fourth-order valence-corrected chi connectivity index (χ4v) is 3.82. The van der Waals surface area contributed by atoms with Crippen molar-refractivity contribution in [2.45, 2.75) is 31.8 Å². The molecule has 1 aliphatic heterocycles. The first kappa shape index (κ1) is 18.4. The average Bonchev–Trinajstić information content (AvgIpc) is 3.27. The Morgan fingerprint density at radius 2 is 1.75 bits per heavy atom. The molecule has 1 atom stereocenters. The van der Waals surface area contributed by atoms with Crippen LogP contribution in [0.5, 0.6) is 0 Å². The van der Waals surface area contributed by atoms with Crippen LogP contribution in [0.2, 0.25) is 0 Å². The number of hydrogen-bond donors (Lipinski definition) is 1. The monoisotopic (exact) mass is 375 g/mol. The van der Waals surface area contributed by atoms with Crippen molar-refractivity contribution in [3.63, 3.8) is 0 Å². The molecular formula is C23H25N3O2. The van der Waals surface area contributed by atoms with Crippen molar-refractivity contribution in [2.75, 3.05) is 13.2 Å². The summed E-state index contributed by atoms with van der Waals surface area (Å²) in [6, 6.07) is 16.2. The molecule has 2 heterocycles. The van der Waals surface area contributed by atoms with Gasteiger partial charge < -0.3 is 14.6 Å². The van der Waals surface area contributed by atoms with Gasteiger partial charge in [0.05, 0.1) is 19.0 Å². The zero-order chi connectivity index (χ0) is 19.3. The van der Waals surface area contributed by atoms with Crippen molar-refractivity contribution in [1.29, 1.82) is 0 Å². The third-order valence-corrected chi connectivity index (χ3v) is 5.44. The lowest BCUT2D eigenvalue weighted by atomic mass is 9.99. The van der Waals surface area contributed by atoms with Gasteiger partial charge in [-0.15, -0.1) is 0 Å². The molecule has 1 aliphatic rings. The molecule has 1 amide bonds. The molecule has 0 unspecified atom stereocenters. The lowest BCUT2D eigenvalue weighted by Crippen LogP contribution is -2.45. The highest BCUT2D eigenvalue weighted by atomic mass is 16.3. The number of piperidine rings is 1. The maximum Gasteiger partial charge on any atom is 0.254 e. The predicted octanol–water partition coefficient (Wildman–Crippen LogP) is 3.59. The van der Waals surface area contributed by atoms with Crippen LogP contribution in [0.25, 0.3) is 11.1 Å². The number of nitrogens with zero attached hydrogens (tertiary/aromatic N) is 3. The Bertz CT molecular complexity index is 902. The van der Waals surface area contributed by atoms with Crippen molar-refractivity contribution in [3.05, 3.63) is 78.4 Å². The normalized spacial score (nSPS) is 16.9. The van der Waals surface area contributed by atoms with E-state index in [1.54, 1.807) is 6.20 Å². The minimum Gasteiger partial charge on any atom is -0.394 e. The van der Waals surface area contributed by atoms with Gasteiger partial charge in [0.25, 0.3) is 5.91 Å². The molecule has 1 fully saturated rings. The molecule has 0 aliphatic carbocycles. The van der Waals surface area contributed by atoms with Gasteiger partial charge in [-0.2, -0.15) is 0 Å². The van der Waals surface area contributed by atoms with E-state index in [0.717, 1.165) is 43.5 Å². The van der Waals surface area contributed by atoms with E-state index in [1.165, 1.54) is 5.56 Å². The Labute approximate surface area is 165 Å². The van der Waals surface area contributed by atoms with Crippen molar-refractivity contribution < 1.29 is 9.90 Å². The molecule has 5 nitrogen and oxygen atoms in total. The van der Waals surface area contributed by atoms with Crippen LogP contribution in [0, 0.1) is 0 Å². The molecule has 1 saturated heterocycles. The Morgan fingerprint density at radius 3 is 2.39 bits per heavy atom. The van der Waals surface area contributed by atoms with Crippen molar-refractivity contribution in [2.24, 2.45) is 0 Å². The van der Waals surface area contributed by atoms with Gasteiger partial charge in [0.15, 0.2) is 0 Å². The Kier molecular flexibility index (Phi) is 5.53. The number of rotatable bonds is 5. The summed E-state index contributed by atoms with van der Waals surface area (Å²) < 4.78 is 2.04. The number of aromatic nitrogens is 2. The first-order valence-electron chi connectivity index (χ1n) is 9.81. The van der Waals surface area contributed by atoms with E-state index < -0.39 is 0 Å². The van der Waals surface area contributed by atoms with E-state index in [0.29, 0.717) is 5.56 Å². The highest BCUT2D eigenvalue weighted by Crippen LogP contribution is 2.23. The van der Waals surface area contributed by atoms with Crippen LogP contribution >= 0.6 is 0 Å². The van der Waals surface area contributed by atoms with Crippen LogP contribution < -0.4 is 0 Å². The Balaban J connectivity index is 1.46. The minimum absolute atomic E-state index is 0.0148. The molecule has 0 saturated carbocycles. The summed E-state index contributed by atoms with van der Waals surface area (Å²) >= 11 is 0. The first-order chi connectivity index (χ1) is 13.7. The molecule has 0 radical (unpaired) electrons. The molecule has 28 heavy (non-hydrogen) atoms. The van der Waals surface area contributed by atoms with Crippen LogP contribution in [0.1, 0.15) is 35.2 Å². The molecule has 3 aromatic rings. The van der Waals surface area contributed by atoms with Crippen LogP contribution in [-0.4, -0.2) is 44.7 Å². The van der Waals surface area contributed by atoms with Gasteiger partial charge in [-0.05, 0) is 48.1 Å². The molecule has 2 aromatic carbocycles. The summed E-state index contributed by atoms with van der Waals surface area (Å²) in [6.45, 7) is 1.56. The van der Waals surface area contributed by atoms with E-state index in [2.05, 4.69) is 29.2 Å². The molecule has 4 rings (SSSR count). The van der Waals surface area contributed by atoms with E-state index in [1.807, 2.05) is 46.3 Å². The largest absolute Gasteiger partial charge is 0.394 e. The van der Waals surface area contributed by atoms with E-state index >= 15 is 0 Å². The molecule has 144 valence electrons. The second-order valence-corrected chi connectivity index (χ2v) is 7.34. The number of imidazole rings is 1. The molecule has 1 N–H and O–H groups in total. The van der Waals surface area contributed by atoms with Gasteiger partial charge in [-0.3, -0.25) is 4.79 Å². The Morgan fingerprint density at radius 1 is 1.04 bits per heavy atom. The van der Waals surface area contributed by atoms with Gasteiger partial charge in [0.2, 0.25) is 0 Å². The third kappa shape index (κ3) is 3.99. The number of amides is 1. The summed E-state index contributed by atoms with van der Waals surface area (Å²) in [7, 11) is 0. The predicted molar refractivity (Wildman–Crippen MR) is 109 cm³/mol. The summed E-state index contributed by atoms with van der Waals surface area (Å²) in [5.74, 6) is 0.0148. The topological polar surface area (TPSA) is 58.4 Å². The van der Waals surface area contributed by atoms with Gasteiger partial charge in [-0.1, -0.05) is 36.4 Å². The molecule has 0 spiro atoms. The SMILES string of the molecule is O=C(c1ccc(-c2ccc(Cn3ccnc3)cc2)cc1)N1CCCC[C@@H]1CO. The number of likely N-dealkylation sites (tertiary alicyclic amines) is 1. The number of benzene rings is 2. The fourth-order valence-electron chi connectivity index (χ4n) is 3.82. The summed E-state index contributed by atoms with van der Waals surface area (Å²) in [4.78, 5) is 18.7. The average molecular weight is 375 g/mol. The third-order valence-electron chi connectivity index (χ3n) is 5.44. The summed E-state index contributed by atoms with van der Waals surface area (Å²) in [5.41, 5.74) is 4.11. The maximum atomic E-state index is 12.8. The van der Waals surface area contributed by atoms with E-state index in [9.17, 15) is 9.90 Å². The first-order valence-corrected chi connectivity index (χ1v) is 9.81. The molecular weight excluding hydrogens is 350 g/mol. The standard InChI is InChI=1S/C23H25N3O2/c27-16-22-3-1-2-13-26(22)23(28)21-10-8-20(9-11-21)19-6-4-18(5-7-19)15-25-14-12-24-17-25/h4-12,14,17,22,27H,1-3,13,15-16H2/t22-/m1/s1. The second kappa shape index (κ2) is 8.40. The maximum absolute atomic E-state index is 12.8. The Hall–Kier alpha value is -2.92. The number of hydrogen-bond acceptors (Lipinski definition) is 3. The quantitative estimate of drug-likeness (QED) is 0.741. The van der Waals surface area contributed by atoms with Crippen molar-refractivity contribution in [1.82, 2.24) is 14.5 Å². The molecule has 5 heteroatoms. The van der Waals surface area contributed by atoms with E-state index in [-0.39, 0.29) is 18.6 Å². The highest BCUT2D eigenvalue weighted by Gasteiger charge is 2.26.